The van der Waals surface area contributed by atoms with Crippen LogP contribution in [0.3, 0.4) is 0 Å². The standard InChI is InChI=1S/C19H22N2O2S.ClH/c1-13(2)23-15-7-5-6-14(12-15)10-11-18(22)21-19-20-16-8-3-4-9-17(16)24-19;/h5-7,10-13H,3-4,8-9H2,1-2H3,(H,20,21,22);1H/b11-10+;. The predicted octanol–water partition coefficient (Wildman–Crippen LogP) is 4.88. The zero-order chi connectivity index (χ0) is 16.9. The Morgan fingerprint density at radius 3 is 2.88 bits per heavy atom. The molecule has 1 N–H and O–H groups in total. The third-order valence-electron chi connectivity index (χ3n) is 3.73. The van der Waals surface area contributed by atoms with Crippen LogP contribution in [0.4, 0.5) is 5.13 Å². The normalized spacial score (nSPS) is 13.4. The van der Waals surface area contributed by atoms with Crippen molar-refractivity contribution in [2.45, 2.75) is 45.6 Å². The maximum Gasteiger partial charge on any atom is 0.250 e. The molecule has 0 saturated carbocycles. The molecule has 134 valence electrons. The van der Waals surface area contributed by atoms with Gasteiger partial charge in [0.25, 0.3) is 0 Å². The minimum Gasteiger partial charge on any atom is -0.491 e. The van der Waals surface area contributed by atoms with Crippen LogP contribution in [-0.4, -0.2) is 17.0 Å². The Morgan fingerprint density at radius 1 is 1.32 bits per heavy atom. The lowest BCUT2D eigenvalue weighted by molar-refractivity contribution is -0.111. The molecule has 0 saturated heterocycles. The van der Waals surface area contributed by atoms with Crippen LogP contribution in [0, 0.1) is 0 Å². The topological polar surface area (TPSA) is 51.2 Å². The summed E-state index contributed by atoms with van der Waals surface area (Å²) in [4.78, 5) is 17.9. The SMILES string of the molecule is CC(C)Oc1cccc(/C=C/C(=O)Nc2nc3c(s2)CCCC3)c1.Cl. The number of ether oxygens (including phenoxy) is 1. The number of anilines is 1. The van der Waals surface area contributed by atoms with Gasteiger partial charge in [0.2, 0.25) is 5.91 Å². The first kappa shape index (κ1) is 19.5. The smallest absolute Gasteiger partial charge is 0.250 e. The van der Waals surface area contributed by atoms with Crippen LogP contribution >= 0.6 is 23.7 Å². The fraction of sp³-hybridized carbons (Fsp3) is 0.368. The lowest BCUT2D eigenvalue weighted by atomic mass is 10.0. The van der Waals surface area contributed by atoms with Crippen molar-refractivity contribution in [3.63, 3.8) is 0 Å². The minimum atomic E-state index is -0.156. The zero-order valence-corrected chi connectivity index (χ0v) is 16.1. The molecule has 1 aromatic carbocycles. The van der Waals surface area contributed by atoms with Crippen molar-refractivity contribution in [2.75, 3.05) is 5.32 Å². The molecule has 1 amide bonds. The van der Waals surface area contributed by atoms with Crippen LogP contribution < -0.4 is 10.1 Å². The second-order valence-electron chi connectivity index (χ2n) is 6.16. The van der Waals surface area contributed by atoms with Crippen LogP contribution in [0.25, 0.3) is 6.08 Å². The zero-order valence-electron chi connectivity index (χ0n) is 14.5. The largest absolute Gasteiger partial charge is 0.491 e. The molecule has 0 unspecified atom stereocenters. The van der Waals surface area contributed by atoms with Crippen LogP contribution in [0.1, 0.15) is 42.8 Å². The van der Waals surface area contributed by atoms with Gasteiger partial charge in [0, 0.05) is 11.0 Å². The summed E-state index contributed by atoms with van der Waals surface area (Å²) in [5.74, 6) is 0.649. The van der Waals surface area contributed by atoms with Gasteiger partial charge < -0.3 is 4.74 Å². The quantitative estimate of drug-likeness (QED) is 0.754. The molecule has 0 aliphatic heterocycles. The Labute approximate surface area is 158 Å². The lowest BCUT2D eigenvalue weighted by Gasteiger charge is -2.09. The second kappa shape index (κ2) is 9.02. The highest BCUT2D eigenvalue weighted by molar-refractivity contribution is 7.15. The summed E-state index contributed by atoms with van der Waals surface area (Å²) in [7, 11) is 0. The number of amides is 1. The van der Waals surface area contributed by atoms with Crippen molar-refractivity contribution in [3.8, 4) is 5.75 Å². The molecule has 0 atom stereocenters. The first-order valence-electron chi connectivity index (χ1n) is 8.34. The number of rotatable bonds is 5. The van der Waals surface area contributed by atoms with E-state index >= 15 is 0 Å². The number of carbonyl (C=O) groups excluding carboxylic acids is 1. The highest BCUT2D eigenvalue weighted by Gasteiger charge is 2.15. The number of hydrogen-bond donors (Lipinski definition) is 1. The summed E-state index contributed by atoms with van der Waals surface area (Å²) >= 11 is 1.60. The minimum absolute atomic E-state index is 0. The van der Waals surface area contributed by atoms with Crippen molar-refractivity contribution in [3.05, 3.63) is 46.5 Å². The van der Waals surface area contributed by atoms with Gasteiger partial charge in [-0.15, -0.1) is 23.7 Å². The van der Waals surface area contributed by atoms with Crippen LogP contribution in [0.2, 0.25) is 0 Å². The number of aromatic nitrogens is 1. The van der Waals surface area contributed by atoms with Crippen molar-refractivity contribution < 1.29 is 9.53 Å². The molecule has 25 heavy (non-hydrogen) atoms. The van der Waals surface area contributed by atoms with Crippen molar-refractivity contribution in [2.24, 2.45) is 0 Å². The van der Waals surface area contributed by atoms with E-state index in [0.29, 0.717) is 5.13 Å². The Morgan fingerprint density at radius 2 is 2.12 bits per heavy atom. The van der Waals surface area contributed by atoms with Gasteiger partial charge in [-0.3, -0.25) is 10.1 Å². The van der Waals surface area contributed by atoms with Crippen molar-refractivity contribution in [1.29, 1.82) is 0 Å². The molecule has 0 spiro atoms. The predicted molar refractivity (Wildman–Crippen MR) is 106 cm³/mol. The fourth-order valence-corrected chi connectivity index (χ4v) is 3.74. The maximum absolute atomic E-state index is 12.1. The molecule has 6 heteroatoms. The number of hydrogen-bond acceptors (Lipinski definition) is 4. The van der Waals surface area contributed by atoms with Gasteiger partial charge >= 0.3 is 0 Å². The first-order chi connectivity index (χ1) is 11.6. The summed E-state index contributed by atoms with van der Waals surface area (Å²) in [5, 5.41) is 3.57. The van der Waals surface area contributed by atoms with Gasteiger partial charge in [-0.1, -0.05) is 12.1 Å². The van der Waals surface area contributed by atoms with E-state index in [9.17, 15) is 4.79 Å². The van der Waals surface area contributed by atoms with E-state index in [4.69, 9.17) is 4.74 Å². The first-order valence-corrected chi connectivity index (χ1v) is 9.16. The van der Waals surface area contributed by atoms with E-state index in [1.54, 1.807) is 17.4 Å². The van der Waals surface area contributed by atoms with Gasteiger partial charge in [0.1, 0.15) is 5.75 Å². The average molecular weight is 379 g/mol. The number of nitrogens with zero attached hydrogens (tertiary/aromatic N) is 1. The summed E-state index contributed by atoms with van der Waals surface area (Å²) in [5.41, 5.74) is 2.09. The summed E-state index contributed by atoms with van der Waals surface area (Å²) in [6.07, 6.45) is 7.98. The van der Waals surface area contributed by atoms with E-state index in [-0.39, 0.29) is 24.4 Å². The molecule has 2 aromatic rings. The third kappa shape index (κ3) is 5.58. The molecule has 0 fully saturated rings. The average Bonchev–Trinajstić information content (AvgIpc) is 2.95. The Kier molecular flexibility index (Phi) is 7.02. The van der Waals surface area contributed by atoms with E-state index in [2.05, 4.69) is 10.3 Å². The highest BCUT2D eigenvalue weighted by Crippen LogP contribution is 2.29. The van der Waals surface area contributed by atoms with Gasteiger partial charge in [-0.05, 0) is 63.3 Å². The summed E-state index contributed by atoms with van der Waals surface area (Å²) < 4.78 is 5.66. The molecule has 3 rings (SSSR count). The molecule has 4 nitrogen and oxygen atoms in total. The van der Waals surface area contributed by atoms with Gasteiger partial charge in [-0.25, -0.2) is 4.98 Å². The fourth-order valence-electron chi connectivity index (χ4n) is 2.69. The van der Waals surface area contributed by atoms with Crippen LogP contribution in [0.5, 0.6) is 5.75 Å². The molecule has 1 aromatic heterocycles. The number of fused-ring (bicyclic) bond motifs is 1. The monoisotopic (exact) mass is 378 g/mol. The molecular weight excluding hydrogens is 356 g/mol. The number of benzene rings is 1. The van der Waals surface area contributed by atoms with Crippen molar-refractivity contribution in [1.82, 2.24) is 4.98 Å². The Hall–Kier alpha value is -1.85. The Balaban J connectivity index is 0.00000225. The van der Waals surface area contributed by atoms with Gasteiger partial charge in [0.15, 0.2) is 5.13 Å². The van der Waals surface area contributed by atoms with Gasteiger partial charge in [0.05, 0.1) is 11.8 Å². The number of aryl methyl sites for hydroxylation is 2. The third-order valence-corrected chi connectivity index (χ3v) is 4.81. The van der Waals surface area contributed by atoms with E-state index < -0.39 is 0 Å². The van der Waals surface area contributed by atoms with E-state index in [0.717, 1.165) is 29.8 Å². The number of thiazole rings is 1. The Bertz CT molecular complexity index is 732. The number of nitrogens with one attached hydrogen (secondary N) is 1. The number of halogens is 1. The molecule has 1 aliphatic carbocycles. The molecule has 0 bridgehead atoms. The van der Waals surface area contributed by atoms with Gasteiger partial charge in [-0.2, -0.15) is 0 Å². The number of carbonyl (C=O) groups is 1. The highest BCUT2D eigenvalue weighted by atomic mass is 35.5. The van der Waals surface area contributed by atoms with E-state index in [1.807, 2.05) is 38.1 Å². The summed E-state index contributed by atoms with van der Waals surface area (Å²) in [6.45, 7) is 3.98. The molecule has 0 radical (unpaired) electrons. The molecule has 1 aliphatic rings. The van der Waals surface area contributed by atoms with Crippen LogP contribution in [-0.2, 0) is 17.6 Å². The maximum atomic E-state index is 12.1. The van der Waals surface area contributed by atoms with Crippen molar-refractivity contribution >= 4 is 40.9 Å². The second-order valence-corrected chi connectivity index (χ2v) is 7.24. The molecular formula is C19H23ClN2O2S. The van der Waals surface area contributed by atoms with Crippen LogP contribution in [0.15, 0.2) is 30.3 Å². The lowest BCUT2D eigenvalue weighted by Crippen LogP contribution is -2.07. The van der Waals surface area contributed by atoms with E-state index in [1.165, 1.54) is 23.8 Å². The molecule has 1 heterocycles. The summed E-state index contributed by atoms with van der Waals surface area (Å²) in [6, 6.07) is 7.70.